The number of aromatic nitrogens is 4. The number of anilines is 3. The topological polar surface area (TPSA) is 70.1 Å². The Morgan fingerprint density at radius 3 is 2.55 bits per heavy atom. The Morgan fingerprint density at radius 2 is 1.71 bits per heavy atom. The molecule has 0 unspecified atom stereocenters. The van der Waals surface area contributed by atoms with Crippen molar-refractivity contribution in [2.45, 2.75) is 6.42 Å². The van der Waals surface area contributed by atoms with Gasteiger partial charge in [0, 0.05) is 55.4 Å². The average Bonchev–Trinajstić information content (AvgIpc) is 3.04. The molecule has 3 aromatic heterocycles. The minimum Gasteiger partial charge on any atom is -0.340 e. The van der Waals surface area contributed by atoms with Crippen molar-refractivity contribution in [2.24, 2.45) is 0 Å². The quantitative estimate of drug-likeness (QED) is 0.545. The van der Waals surface area contributed by atoms with Gasteiger partial charge in [-0.25, -0.2) is 15.0 Å². The molecule has 1 aliphatic rings. The lowest BCUT2D eigenvalue weighted by atomic mass is 10.1. The van der Waals surface area contributed by atoms with Gasteiger partial charge in [0.25, 0.3) is 0 Å². The molecule has 31 heavy (non-hydrogen) atoms. The van der Waals surface area contributed by atoms with Crippen LogP contribution in [0.1, 0.15) is 6.42 Å². The molecule has 1 aromatic carbocycles. The molecule has 156 valence electrons. The third kappa shape index (κ3) is 4.32. The van der Waals surface area contributed by atoms with E-state index in [4.69, 9.17) is 0 Å². The van der Waals surface area contributed by atoms with Crippen LogP contribution in [0.5, 0.6) is 0 Å². The molecule has 0 radical (unpaired) electrons. The molecule has 0 spiro atoms. The summed E-state index contributed by atoms with van der Waals surface area (Å²) in [4.78, 5) is 22.8. The molecule has 1 aliphatic heterocycles. The summed E-state index contributed by atoms with van der Waals surface area (Å²) in [6.07, 6.45) is 8.54. The molecule has 4 heterocycles. The molecule has 0 amide bonds. The molecule has 4 aromatic rings. The van der Waals surface area contributed by atoms with Crippen molar-refractivity contribution >= 4 is 28.4 Å². The van der Waals surface area contributed by atoms with E-state index in [-0.39, 0.29) is 0 Å². The van der Waals surface area contributed by atoms with Gasteiger partial charge in [-0.3, -0.25) is 4.98 Å². The summed E-state index contributed by atoms with van der Waals surface area (Å²) < 4.78 is 0. The summed E-state index contributed by atoms with van der Waals surface area (Å²) in [7, 11) is 2.17. The van der Waals surface area contributed by atoms with Crippen LogP contribution in [0.25, 0.3) is 22.0 Å². The number of pyridine rings is 2. The first-order valence-corrected chi connectivity index (χ1v) is 10.6. The largest absolute Gasteiger partial charge is 0.340 e. The molecule has 1 fully saturated rings. The van der Waals surface area contributed by atoms with E-state index < -0.39 is 0 Å². The van der Waals surface area contributed by atoms with Crippen LogP contribution >= 0.6 is 0 Å². The Hall–Kier alpha value is -3.58. The summed E-state index contributed by atoms with van der Waals surface area (Å²) in [5.41, 5.74) is 3.94. The van der Waals surface area contributed by atoms with Crippen LogP contribution in [-0.4, -0.2) is 58.1 Å². The number of benzene rings is 1. The third-order valence-electron chi connectivity index (χ3n) is 5.64. The zero-order valence-electron chi connectivity index (χ0n) is 17.6. The summed E-state index contributed by atoms with van der Waals surface area (Å²) in [6, 6.07) is 14.0. The fourth-order valence-electron chi connectivity index (χ4n) is 3.89. The van der Waals surface area contributed by atoms with E-state index in [0.717, 1.165) is 72.1 Å². The van der Waals surface area contributed by atoms with Crippen LogP contribution in [0.2, 0.25) is 0 Å². The van der Waals surface area contributed by atoms with Gasteiger partial charge in [-0.2, -0.15) is 0 Å². The first kappa shape index (κ1) is 19.4. The van der Waals surface area contributed by atoms with Crippen LogP contribution in [0.3, 0.4) is 0 Å². The maximum Gasteiger partial charge on any atom is 0.225 e. The molecule has 0 bridgehead atoms. The highest BCUT2D eigenvalue weighted by Gasteiger charge is 2.15. The number of fused-ring (bicyclic) bond motifs is 1. The smallest absolute Gasteiger partial charge is 0.225 e. The van der Waals surface area contributed by atoms with Crippen molar-refractivity contribution in [1.82, 2.24) is 24.8 Å². The van der Waals surface area contributed by atoms with E-state index in [1.807, 2.05) is 42.9 Å². The summed E-state index contributed by atoms with van der Waals surface area (Å²) >= 11 is 0. The van der Waals surface area contributed by atoms with Crippen molar-refractivity contribution in [2.75, 3.05) is 43.4 Å². The van der Waals surface area contributed by atoms with E-state index >= 15 is 0 Å². The van der Waals surface area contributed by atoms with Gasteiger partial charge in [0.05, 0.1) is 11.2 Å². The van der Waals surface area contributed by atoms with Gasteiger partial charge >= 0.3 is 0 Å². The second kappa shape index (κ2) is 8.65. The van der Waals surface area contributed by atoms with Crippen LogP contribution in [0.15, 0.2) is 67.3 Å². The van der Waals surface area contributed by atoms with Gasteiger partial charge in [0.2, 0.25) is 5.95 Å². The average molecular weight is 412 g/mol. The van der Waals surface area contributed by atoms with Crippen molar-refractivity contribution < 1.29 is 0 Å². The number of hydrogen-bond acceptors (Lipinski definition) is 7. The predicted octanol–water partition coefficient (Wildman–Crippen LogP) is 3.97. The maximum absolute atomic E-state index is 4.65. The molecular formula is C24H25N7. The minimum absolute atomic E-state index is 0.805. The number of likely N-dealkylation sites (N-methyl/N-ethyl adjacent to an activating group) is 1. The van der Waals surface area contributed by atoms with Crippen molar-refractivity contribution in [3.8, 4) is 11.1 Å². The van der Waals surface area contributed by atoms with Crippen molar-refractivity contribution in [3.05, 3.63) is 67.3 Å². The first-order chi connectivity index (χ1) is 15.3. The van der Waals surface area contributed by atoms with Crippen molar-refractivity contribution in [1.29, 1.82) is 0 Å². The molecule has 0 saturated carbocycles. The van der Waals surface area contributed by atoms with Gasteiger partial charge in [0.15, 0.2) is 0 Å². The third-order valence-corrected chi connectivity index (χ3v) is 5.64. The Kier molecular flexibility index (Phi) is 5.41. The van der Waals surface area contributed by atoms with E-state index in [0.29, 0.717) is 0 Å². The van der Waals surface area contributed by atoms with Gasteiger partial charge in [-0.15, -0.1) is 0 Å². The first-order valence-electron chi connectivity index (χ1n) is 10.6. The summed E-state index contributed by atoms with van der Waals surface area (Å²) in [6.45, 7) is 4.11. The zero-order valence-corrected chi connectivity index (χ0v) is 17.6. The number of hydrogen-bond donors (Lipinski definition) is 1. The monoisotopic (exact) mass is 411 g/mol. The highest BCUT2D eigenvalue weighted by molar-refractivity contribution is 5.94. The normalized spacial score (nSPS) is 15.1. The van der Waals surface area contributed by atoms with Gasteiger partial charge in [0.1, 0.15) is 5.82 Å². The van der Waals surface area contributed by atoms with Crippen LogP contribution in [0, 0.1) is 0 Å². The molecule has 5 rings (SSSR count). The van der Waals surface area contributed by atoms with Gasteiger partial charge in [-0.05, 0) is 49.8 Å². The second-order valence-corrected chi connectivity index (χ2v) is 7.85. The Labute approximate surface area is 181 Å². The van der Waals surface area contributed by atoms with E-state index in [1.54, 1.807) is 6.20 Å². The Bertz CT molecular complexity index is 1160. The molecule has 7 heteroatoms. The highest BCUT2D eigenvalue weighted by atomic mass is 15.3. The summed E-state index contributed by atoms with van der Waals surface area (Å²) in [5.74, 6) is 1.61. The summed E-state index contributed by atoms with van der Waals surface area (Å²) in [5, 5.41) is 4.42. The minimum atomic E-state index is 0.805. The van der Waals surface area contributed by atoms with E-state index in [2.05, 4.69) is 60.3 Å². The fraction of sp³-hybridized carbons (Fsp3) is 0.250. The highest BCUT2D eigenvalue weighted by Crippen LogP contribution is 2.28. The standard InChI is InChI=1S/C24H25N7/c1-30-11-4-12-31(14-13-30)24-27-16-19(17-28-24)18-6-7-20-21(8-10-25-22(20)15-18)29-23-5-2-3-9-26-23/h2-3,5-10,15-17H,4,11-14H2,1H3,(H,25,26,29). The lowest BCUT2D eigenvalue weighted by Gasteiger charge is -2.20. The van der Waals surface area contributed by atoms with Crippen molar-refractivity contribution in [3.63, 3.8) is 0 Å². The number of nitrogens with zero attached hydrogens (tertiary/aromatic N) is 6. The lowest BCUT2D eigenvalue weighted by Crippen LogP contribution is -2.30. The van der Waals surface area contributed by atoms with Crippen LogP contribution in [0.4, 0.5) is 17.5 Å². The maximum atomic E-state index is 4.65. The zero-order chi connectivity index (χ0) is 21.0. The lowest BCUT2D eigenvalue weighted by molar-refractivity contribution is 0.360. The molecule has 0 atom stereocenters. The van der Waals surface area contributed by atoms with Crippen LogP contribution < -0.4 is 10.2 Å². The van der Waals surface area contributed by atoms with E-state index in [9.17, 15) is 0 Å². The molecule has 1 N–H and O–H groups in total. The van der Waals surface area contributed by atoms with E-state index in [1.165, 1.54) is 0 Å². The van der Waals surface area contributed by atoms with Gasteiger partial charge < -0.3 is 15.1 Å². The predicted molar refractivity (Wildman–Crippen MR) is 125 cm³/mol. The van der Waals surface area contributed by atoms with Gasteiger partial charge in [-0.1, -0.05) is 18.2 Å². The fourth-order valence-corrected chi connectivity index (χ4v) is 3.89. The number of nitrogens with one attached hydrogen (secondary N) is 1. The SMILES string of the molecule is CN1CCCN(c2ncc(-c3ccc4c(Nc5ccccn5)ccnc4c3)cn2)CC1. The second-order valence-electron chi connectivity index (χ2n) is 7.85. The van der Waals surface area contributed by atoms with Crippen LogP contribution in [-0.2, 0) is 0 Å². The Morgan fingerprint density at radius 1 is 0.806 bits per heavy atom. The molecule has 1 saturated heterocycles. The Balaban J connectivity index is 1.39. The molecular weight excluding hydrogens is 386 g/mol. The molecule has 7 nitrogen and oxygen atoms in total. The molecule has 0 aliphatic carbocycles. The number of rotatable bonds is 4.